The van der Waals surface area contributed by atoms with Crippen molar-refractivity contribution in [3.63, 3.8) is 0 Å². The lowest BCUT2D eigenvalue weighted by Crippen LogP contribution is -2.38. The second-order valence-electron chi connectivity index (χ2n) is 6.38. The van der Waals surface area contributed by atoms with Gasteiger partial charge in [0.1, 0.15) is 5.82 Å². The number of nitrogens with zero attached hydrogens (tertiary/aromatic N) is 3. The molecule has 124 valence electrons. The zero-order chi connectivity index (χ0) is 16.6. The van der Waals surface area contributed by atoms with Crippen molar-refractivity contribution in [1.82, 2.24) is 14.7 Å². The molecule has 0 unspecified atom stereocenters. The first-order chi connectivity index (χ1) is 11.0. The molecular weight excluding hydrogens is 293 g/mol. The van der Waals surface area contributed by atoms with Crippen LogP contribution in [-0.2, 0) is 18.3 Å². The van der Waals surface area contributed by atoms with Crippen LogP contribution in [0.2, 0.25) is 0 Å². The van der Waals surface area contributed by atoms with Crippen LogP contribution in [0, 0.1) is 26.6 Å². The first-order valence-electron chi connectivity index (χ1n) is 8.04. The van der Waals surface area contributed by atoms with Crippen LogP contribution in [-0.4, -0.2) is 34.4 Å². The fourth-order valence-electron chi connectivity index (χ4n) is 3.19. The van der Waals surface area contributed by atoms with Gasteiger partial charge in [0.05, 0.1) is 18.4 Å². The van der Waals surface area contributed by atoms with Gasteiger partial charge in [-0.1, -0.05) is 12.1 Å². The summed E-state index contributed by atoms with van der Waals surface area (Å²) in [4.78, 5) is 2.39. The average molecular weight is 317 g/mol. The standard InChI is InChI=1S/C18H24FN3O/c1-12-9-15(5-6-17(12)19)18-11-22(7-8-23-18)10-16-13(2)20-21(4)14(16)3/h5-6,9,18H,7-8,10-11H2,1-4H3/t18-/m1/s1. The Morgan fingerprint density at radius 1 is 1.30 bits per heavy atom. The van der Waals surface area contributed by atoms with Gasteiger partial charge in [0.2, 0.25) is 0 Å². The second kappa shape index (κ2) is 6.42. The molecule has 4 nitrogen and oxygen atoms in total. The zero-order valence-corrected chi connectivity index (χ0v) is 14.3. The predicted molar refractivity (Wildman–Crippen MR) is 87.8 cm³/mol. The van der Waals surface area contributed by atoms with Crippen LogP contribution in [0.15, 0.2) is 18.2 Å². The molecule has 0 bridgehead atoms. The van der Waals surface area contributed by atoms with Gasteiger partial charge in [-0.2, -0.15) is 5.10 Å². The summed E-state index contributed by atoms with van der Waals surface area (Å²) in [6.07, 6.45) is 0.000309. The number of hydrogen-bond donors (Lipinski definition) is 0. The van der Waals surface area contributed by atoms with Crippen LogP contribution in [0.3, 0.4) is 0 Å². The number of benzene rings is 1. The summed E-state index contributed by atoms with van der Waals surface area (Å²) in [5.74, 6) is -0.164. The van der Waals surface area contributed by atoms with Crippen molar-refractivity contribution in [3.05, 3.63) is 52.1 Å². The van der Waals surface area contributed by atoms with E-state index in [-0.39, 0.29) is 11.9 Å². The van der Waals surface area contributed by atoms with Gasteiger partial charge in [0, 0.05) is 37.9 Å². The summed E-state index contributed by atoms with van der Waals surface area (Å²) in [7, 11) is 1.98. The second-order valence-corrected chi connectivity index (χ2v) is 6.38. The van der Waals surface area contributed by atoms with E-state index in [0.29, 0.717) is 12.2 Å². The fraction of sp³-hybridized carbons (Fsp3) is 0.500. The highest BCUT2D eigenvalue weighted by molar-refractivity contribution is 5.27. The lowest BCUT2D eigenvalue weighted by atomic mass is 10.0. The molecule has 0 N–H and O–H groups in total. The molecular formula is C18H24FN3O. The monoisotopic (exact) mass is 317 g/mol. The van der Waals surface area contributed by atoms with Gasteiger partial charge >= 0.3 is 0 Å². The number of hydrogen-bond acceptors (Lipinski definition) is 3. The van der Waals surface area contributed by atoms with Crippen LogP contribution in [0.1, 0.15) is 34.2 Å². The number of rotatable bonds is 3. The number of aromatic nitrogens is 2. The third-order valence-electron chi connectivity index (χ3n) is 4.74. The van der Waals surface area contributed by atoms with E-state index in [1.54, 1.807) is 6.92 Å². The lowest BCUT2D eigenvalue weighted by Gasteiger charge is -2.33. The molecule has 1 aromatic carbocycles. The molecule has 1 aliphatic heterocycles. The third kappa shape index (κ3) is 3.31. The number of halogens is 1. The number of ether oxygens (including phenoxy) is 1. The van der Waals surface area contributed by atoms with E-state index in [2.05, 4.69) is 23.8 Å². The van der Waals surface area contributed by atoms with Crippen molar-refractivity contribution in [2.45, 2.75) is 33.4 Å². The highest BCUT2D eigenvalue weighted by Gasteiger charge is 2.24. The summed E-state index contributed by atoms with van der Waals surface area (Å²) < 4.78 is 21.3. The molecule has 0 radical (unpaired) electrons. The van der Waals surface area contributed by atoms with E-state index in [4.69, 9.17) is 4.74 Å². The van der Waals surface area contributed by atoms with Crippen molar-refractivity contribution in [2.75, 3.05) is 19.7 Å². The molecule has 1 aromatic heterocycles. The zero-order valence-electron chi connectivity index (χ0n) is 14.3. The summed E-state index contributed by atoms with van der Waals surface area (Å²) in [6, 6.07) is 5.25. The van der Waals surface area contributed by atoms with Gasteiger partial charge in [-0.3, -0.25) is 9.58 Å². The van der Waals surface area contributed by atoms with Gasteiger partial charge < -0.3 is 4.74 Å². The van der Waals surface area contributed by atoms with E-state index in [0.717, 1.165) is 30.9 Å². The van der Waals surface area contributed by atoms with E-state index >= 15 is 0 Å². The summed E-state index contributed by atoms with van der Waals surface area (Å²) in [6.45, 7) is 9.26. The molecule has 1 saturated heterocycles. The Labute approximate surface area is 136 Å². The molecule has 5 heteroatoms. The third-order valence-corrected chi connectivity index (χ3v) is 4.74. The highest BCUT2D eigenvalue weighted by Crippen LogP contribution is 2.25. The summed E-state index contributed by atoms with van der Waals surface area (Å²) in [5.41, 5.74) is 5.31. The van der Waals surface area contributed by atoms with E-state index in [1.165, 1.54) is 17.3 Å². The Balaban J connectivity index is 1.74. The highest BCUT2D eigenvalue weighted by atomic mass is 19.1. The van der Waals surface area contributed by atoms with Gasteiger partial charge in [0.15, 0.2) is 0 Å². The molecule has 0 spiro atoms. The van der Waals surface area contributed by atoms with Crippen molar-refractivity contribution in [1.29, 1.82) is 0 Å². The molecule has 1 fully saturated rings. The lowest BCUT2D eigenvalue weighted by molar-refractivity contribution is -0.0330. The Morgan fingerprint density at radius 2 is 2.09 bits per heavy atom. The molecule has 0 saturated carbocycles. The first-order valence-corrected chi connectivity index (χ1v) is 8.04. The van der Waals surface area contributed by atoms with Crippen LogP contribution in [0.4, 0.5) is 4.39 Å². The van der Waals surface area contributed by atoms with E-state index in [9.17, 15) is 4.39 Å². The number of morpholine rings is 1. The quantitative estimate of drug-likeness (QED) is 0.871. The predicted octanol–water partition coefficient (Wildman–Crippen LogP) is 3.06. The molecule has 1 aliphatic rings. The smallest absolute Gasteiger partial charge is 0.126 e. The maximum absolute atomic E-state index is 13.5. The minimum absolute atomic E-state index is 0.000309. The molecule has 1 atom stereocenters. The largest absolute Gasteiger partial charge is 0.371 e. The van der Waals surface area contributed by atoms with Crippen molar-refractivity contribution >= 4 is 0 Å². The first kappa shape index (κ1) is 16.1. The maximum Gasteiger partial charge on any atom is 0.126 e. The minimum Gasteiger partial charge on any atom is -0.371 e. The van der Waals surface area contributed by atoms with Crippen LogP contribution < -0.4 is 0 Å². The van der Waals surface area contributed by atoms with Gasteiger partial charge in [-0.05, 0) is 38.0 Å². The average Bonchev–Trinajstić information content (AvgIpc) is 2.77. The van der Waals surface area contributed by atoms with E-state index < -0.39 is 0 Å². The van der Waals surface area contributed by atoms with Gasteiger partial charge in [0.25, 0.3) is 0 Å². The molecule has 2 aromatic rings. The Bertz CT molecular complexity index is 711. The van der Waals surface area contributed by atoms with Gasteiger partial charge in [-0.25, -0.2) is 4.39 Å². The molecule has 0 amide bonds. The van der Waals surface area contributed by atoms with Crippen molar-refractivity contribution in [2.24, 2.45) is 7.05 Å². The molecule has 3 rings (SSSR count). The normalized spacial score (nSPS) is 19.3. The minimum atomic E-state index is -0.164. The van der Waals surface area contributed by atoms with Crippen molar-refractivity contribution < 1.29 is 9.13 Å². The summed E-state index contributed by atoms with van der Waals surface area (Å²) >= 11 is 0. The Hall–Kier alpha value is -1.72. The van der Waals surface area contributed by atoms with Crippen molar-refractivity contribution in [3.8, 4) is 0 Å². The molecule has 0 aliphatic carbocycles. The maximum atomic E-state index is 13.5. The van der Waals surface area contributed by atoms with E-state index in [1.807, 2.05) is 23.9 Å². The van der Waals surface area contributed by atoms with Crippen LogP contribution in [0.25, 0.3) is 0 Å². The molecule has 2 heterocycles. The topological polar surface area (TPSA) is 30.3 Å². The Kier molecular flexibility index (Phi) is 4.50. The number of aryl methyl sites for hydroxylation is 3. The van der Waals surface area contributed by atoms with Crippen LogP contribution in [0.5, 0.6) is 0 Å². The molecule has 23 heavy (non-hydrogen) atoms. The summed E-state index contributed by atoms with van der Waals surface area (Å²) in [5, 5.41) is 4.49. The Morgan fingerprint density at radius 3 is 2.74 bits per heavy atom. The van der Waals surface area contributed by atoms with Gasteiger partial charge in [-0.15, -0.1) is 0 Å². The fourth-order valence-corrected chi connectivity index (χ4v) is 3.19. The van der Waals surface area contributed by atoms with Crippen LogP contribution >= 0.6 is 0 Å². The SMILES string of the molecule is Cc1cc([C@H]2CN(Cc3c(C)nn(C)c3C)CCO2)ccc1F.